The molecule has 0 aliphatic carbocycles. The molecule has 3 rings (SSSR count). The van der Waals surface area contributed by atoms with Gasteiger partial charge < -0.3 is 19.9 Å². The summed E-state index contributed by atoms with van der Waals surface area (Å²) in [6.07, 6.45) is 0. The van der Waals surface area contributed by atoms with Crippen LogP contribution in [0.1, 0.15) is 4.11 Å². The highest BCUT2D eigenvalue weighted by Crippen LogP contribution is 2.36. The number of methoxy groups -OCH3 is 1. The number of carbonyl (C=O) groups excluding carboxylic acids is 1. The average molecular weight is 414 g/mol. The summed E-state index contributed by atoms with van der Waals surface area (Å²) in [4.78, 5) is 23.3. The van der Waals surface area contributed by atoms with Crippen LogP contribution in [0, 0.1) is 23.3 Å². The van der Waals surface area contributed by atoms with Crippen molar-refractivity contribution in [2.75, 3.05) is 25.6 Å². The van der Waals surface area contributed by atoms with Crippen LogP contribution in [0.4, 0.5) is 23.2 Å². The van der Waals surface area contributed by atoms with Crippen molar-refractivity contribution in [2.24, 2.45) is 0 Å². The highest BCUT2D eigenvalue weighted by Gasteiger charge is 2.31. The summed E-state index contributed by atoms with van der Waals surface area (Å²) in [6, 6.07) is 4.24. The number of ether oxygens (including phenoxy) is 2. The molecular weight excluding hydrogens is 398 g/mol. The molecule has 1 amide bonds. The van der Waals surface area contributed by atoms with E-state index in [0.29, 0.717) is 0 Å². The topological polar surface area (TPSA) is 84.9 Å². The van der Waals surface area contributed by atoms with Crippen molar-refractivity contribution >= 4 is 17.6 Å². The lowest BCUT2D eigenvalue weighted by molar-refractivity contribution is -0.133. The Labute approximate surface area is 165 Å². The molecule has 1 heterocycles. The Bertz CT molecular complexity index is 1120. The van der Waals surface area contributed by atoms with E-state index < -0.39 is 83.4 Å². The number of carbonyl (C=O) groups is 2. The van der Waals surface area contributed by atoms with Crippen LogP contribution < -0.4 is 10.1 Å². The first kappa shape index (κ1) is 16.5. The van der Waals surface area contributed by atoms with Crippen LogP contribution in [0.15, 0.2) is 35.4 Å². The number of carboxylic acid groups (broad SMARTS) is 1. The summed E-state index contributed by atoms with van der Waals surface area (Å²) in [5.74, 6) is -10.8. The minimum atomic E-state index is -2.88. The first-order chi connectivity index (χ1) is 14.9. The van der Waals surface area contributed by atoms with Crippen molar-refractivity contribution in [3.8, 4) is 16.9 Å². The number of rotatable bonds is 5. The third kappa shape index (κ3) is 3.66. The molecule has 0 spiro atoms. The fraction of sp³-hybridized carbons (Fsp3) is 0.158. The zero-order chi connectivity index (χ0) is 23.8. The maximum Gasteiger partial charge on any atom is 0.334 e. The van der Waals surface area contributed by atoms with Crippen molar-refractivity contribution in [2.45, 2.75) is 0 Å². The molecule has 2 N–H and O–H groups in total. The van der Waals surface area contributed by atoms with Gasteiger partial charge in [0.1, 0.15) is 11.4 Å². The van der Waals surface area contributed by atoms with Gasteiger partial charge in [-0.15, -0.1) is 0 Å². The maximum absolute atomic E-state index is 14.7. The second kappa shape index (κ2) is 7.92. The number of carboxylic acids is 1. The van der Waals surface area contributed by atoms with Gasteiger partial charge in [0.15, 0.2) is 23.3 Å². The minimum Gasteiger partial charge on any atom is -0.497 e. The summed E-state index contributed by atoms with van der Waals surface area (Å²) in [5, 5.41) is 10.7. The molecule has 10 heteroatoms. The standard InChI is InChI=1S/C19H13F4NO5/c1-28-9-4-2-3-8(5-9)12-13(20)15(22)17(16(23)14(12)21)24-18(25)10-6-29-7-11(10)19(26)27/h2-5H,6-7H2,1H3,(H,24,25)(H,26,27)/i1D3. The zero-order valence-electron chi connectivity index (χ0n) is 17.3. The molecule has 0 unspecified atom stereocenters. The van der Waals surface area contributed by atoms with Crippen molar-refractivity contribution in [3.63, 3.8) is 0 Å². The van der Waals surface area contributed by atoms with E-state index in [1.165, 1.54) is 0 Å². The molecule has 0 bridgehead atoms. The molecule has 1 aliphatic heterocycles. The van der Waals surface area contributed by atoms with E-state index >= 15 is 0 Å². The smallest absolute Gasteiger partial charge is 0.334 e. The summed E-state index contributed by atoms with van der Waals surface area (Å²) in [7, 11) is -2.88. The Morgan fingerprint density at radius 2 is 1.76 bits per heavy atom. The minimum absolute atomic E-state index is 0.339. The Morgan fingerprint density at radius 1 is 1.10 bits per heavy atom. The van der Waals surface area contributed by atoms with Gasteiger partial charge in [0.2, 0.25) is 0 Å². The Hall–Kier alpha value is -3.40. The molecule has 152 valence electrons. The van der Waals surface area contributed by atoms with Gasteiger partial charge in [0.25, 0.3) is 5.91 Å². The van der Waals surface area contributed by atoms with E-state index in [-0.39, 0.29) is 5.75 Å². The average Bonchev–Trinajstić information content (AvgIpc) is 3.19. The number of aliphatic carboxylic acids is 1. The molecule has 2 aromatic rings. The van der Waals surface area contributed by atoms with Gasteiger partial charge in [0.05, 0.1) is 41.1 Å². The Balaban J connectivity index is 2.03. The number of nitrogens with one attached hydrogen (secondary N) is 1. The molecule has 29 heavy (non-hydrogen) atoms. The van der Waals surface area contributed by atoms with Crippen LogP contribution in [0.25, 0.3) is 11.1 Å². The summed E-state index contributed by atoms with van der Waals surface area (Å²) in [6.45, 7) is -0.907. The Kier molecular flexibility index (Phi) is 4.52. The second-order valence-corrected chi connectivity index (χ2v) is 5.85. The fourth-order valence-corrected chi connectivity index (χ4v) is 2.72. The van der Waals surface area contributed by atoms with Crippen molar-refractivity contribution < 1.29 is 45.8 Å². The van der Waals surface area contributed by atoms with Crippen LogP contribution in [-0.4, -0.2) is 37.2 Å². The summed E-state index contributed by atoms with van der Waals surface area (Å²) >= 11 is 0. The number of amides is 1. The second-order valence-electron chi connectivity index (χ2n) is 5.85. The Morgan fingerprint density at radius 3 is 2.38 bits per heavy atom. The zero-order valence-corrected chi connectivity index (χ0v) is 14.3. The van der Waals surface area contributed by atoms with E-state index in [1.807, 2.05) is 0 Å². The third-order valence-corrected chi connectivity index (χ3v) is 4.13. The first-order valence-corrected chi connectivity index (χ1v) is 7.90. The third-order valence-electron chi connectivity index (χ3n) is 4.13. The lowest BCUT2D eigenvalue weighted by Crippen LogP contribution is -2.21. The van der Waals surface area contributed by atoms with Gasteiger partial charge in [0, 0.05) is 0 Å². The van der Waals surface area contributed by atoms with Crippen LogP contribution in [0.5, 0.6) is 5.75 Å². The lowest BCUT2D eigenvalue weighted by atomic mass is 10.0. The molecular formula is C19H13F4NO5. The highest BCUT2D eigenvalue weighted by atomic mass is 19.2. The first-order valence-electron chi connectivity index (χ1n) is 9.40. The maximum atomic E-state index is 14.7. The van der Waals surface area contributed by atoms with Crippen LogP contribution in [0.2, 0.25) is 0 Å². The molecule has 6 nitrogen and oxygen atoms in total. The number of benzene rings is 2. The van der Waals surface area contributed by atoms with Gasteiger partial charge in [-0.25, -0.2) is 22.4 Å². The molecule has 0 radical (unpaired) electrons. The molecule has 0 saturated carbocycles. The summed E-state index contributed by atoms with van der Waals surface area (Å²) in [5.41, 5.74) is -3.99. The fourth-order valence-electron chi connectivity index (χ4n) is 2.72. The predicted molar refractivity (Wildman–Crippen MR) is 92.4 cm³/mol. The monoisotopic (exact) mass is 414 g/mol. The molecule has 0 fully saturated rings. The molecule has 0 aromatic heterocycles. The van der Waals surface area contributed by atoms with Crippen LogP contribution in [-0.2, 0) is 14.3 Å². The van der Waals surface area contributed by atoms with Crippen LogP contribution >= 0.6 is 0 Å². The molecule has 0 atom stereocenters. The SMILES string of the molecule is [2H]C([2H])([2H])Oc1cccc(-c2c(F)c(F)c(NC(=O)C3=C(C(=O)O)COC3)c(F)c2F)c1. The van der Waals surface area contributed by atoms with Gasteiger partial charge in [-0.1, -0.05) is 12.1 Å². The van der Waals surface area contributed by atoms with Crippen molar-refractivity contribution in [1.82, 2.24) is 0 Å². The van der Waals surface area contributed by atoms with Gasteiger partial charge in [-0.2, -0.15) is 0 Å². The molecule has 0 saturated heterocycles. The molecule has 1 aliphatic rings. The van der Waals surface area contributed by atoms with E-state index in [4.69, 9.17) is 14.0 Å². The van der Waals surface area contributed by atoms with Crippen LogP contribution in [0.3, 0.4) is 0 Å². The van der Waals surface area contributed by atoms with Gasteiger partial charge in [-0.3, -0.25) is 4.79 Å². The van der Waals surface area contributed by atoms with Crippen molar-refractivity contribution in [3.05, 3.63) is 58.7 Å². The summed E-state index contributed by atoms with van der Waals surface area (Å²) < 4.78 is 89.1. The lowest BCUT2D eigenvalue weighted by Gasteiger charge is -2.14. The van der Waals surface area contributed by atoms with Gasteiger partial charge in [-0.05, 0) is 17.7 Å². The normalized spacial score (nSPS) is 15.5. The number of hydrogen-bond donors (Lipinski definition) is 2. The quantitative estimate of drug-likeness (QED) is 0.580. The highest BCUT2D eigenvalue weighted by molar-refractivity contribution is 6.09. The van der Waals surface area contributed by atoms with Gasteiger partial charge >= 0.3 is 5.97 Å². The predicted octanol–water partition coefficient (Wildman–Crippen LogP) is 3.27. The number of halogens is 4. The van der Waals surface area contributed by atoms with E-state index in [0.717, 1.165) is 24.3 Å². The van der Waals surface area contributed by atoms with E-state index in [2.05, 4.69) is 4.74 Å². The molecule has 2 aromatic carbocycles. The van der Waals surface area contributed by atoms with E-state index in [9.17, 15) is 27.2 Å². The largest absolute Gasteiger partial charge is 0.497 e. The number of hydrogen-bond acceptors (Lipinski definition) is 4. The van der Waals surface area contributed by atoms with Crippen molar-refractivity contribution in [1.29, 1.82) is 0 Å². The number of anilines is 1. The van der Waals surface area contributed by atoms with E-state index in [1.54, 1.807) is 5.32 Å².